The second-order valence-electron chi connectivity index (χ2n) is 9.12. The molecule has 0 heterocycles. The maximum atomic E-state index is 12.8. The fraction of sp³-hybridized carbons (Fsp3) is 0.423. The molecule has 1 atom stereocenters. The number of carboxylic acid groups (broad SMARTS) is 1. The van der Waals surface area contributed by atoms with Crippen LogP contribution in [0.4, 0.5) is 4.79 Å². The minimum Gasteiger partial charge on any atom is -0.481 e. The molecule has 0 spiro atoms. The summed E-state index contributed by atoms with van der Waals surface area (Å²) < 4.78 is 5.58. The second kappa shape index (κ2) is 9.65. The second-order valence-corrected chi connectivity index (χ2v) is 9.12. The zero-order valence-electron chi connectivity index (χ0n) is 18.8. The average Bonchev–Trinajstić information content (AvgIpc) is 3.09. The van der Waals surface area contributed by atoms with Crippen molar-refractivity contribution in [3.05, 3.63) is 59.7 Å². The molecule has 2 amide bonds. The summed E-state index contributed by atoms with van der Waals surface area (Å²) >= 11 is 0. The number of aliphatic carboxylic acids is 1. The van der Waals surface area contributed by atoms with E-state index in [1.54, 1.807) is 6.92 Å². The van der Waals surface area contributed by atoms with Gasteiger partial charge in [-0.2, -0.15) is 0 Å². The van der Waals surface area contributed by atoms with E-state index in [-0.39, 0.29) is 37.4 Å². The van der Waals surface area contributed by atoms with Crippen molar-refractivity contribution in [3.8, 4) is 11.1 Å². The van der Waals surface area contributed by atoms with Crippen LogP contribution in [0.3, 0.4) is 0 Å². The van der Waals surface area contributed by atoms with Crippen molar-refractivity contribution < 1.29 is 24.2 Å². The zero-order chi connectivity index (χ0) is 23.4. The maximum Gasteiger partial charge on any atom is 0.407 e. The molecule has 4 rings (SSSR count). The molecule has 0 saturated heterocycles. The Labute approximate surface area is 193 Å². The minimum atomic E-state index is -0.883. The molecule has 1 fully saturated rings. The van der Waals surface area contributed by atoms with E-state index >= 15 is 0 Å². The van der Waals surface area contributed by atoms with Crippen molar-refractivity contribution in [1.82, 2.24) is 10.6 Å². The highest BCUT2D eigenvalue weighted by atomic mass is 16.5. The lowest BCUT2D eigenvalue weighted by Crippen LogP contribution is -2.54. The quantitative estimate of drug-likeness (QED) is 0.534. The number of hydrogen-bond donors (Lipinski definition) is 3. The van der Waals surface area contributed by atoms with E-state index < -0.39 is 17.5 Å². The van der Waals surface area contributed by atoms with Crippen LogP contribution in [0.25, 0.3) is 11.1 Å². The predicted molar refractivity (Wildman–Crippen MR) is 124 cm³/mol. The van der Waals surface area contributed by atoms with Crippen molar-refractivity contribution in [3.63, 3.8) is 0 Å². The summed E-state index contributed by atoms with van der Waals surface area (Å²) in [4.78, 5) is 36.1. The van der Waals surface area contributed by atoms with E-state index in [0.29, 0.717) is 19.3 Å². The van der Waals surface area contributed by atoms with Crippen LogP contribution in [-0.4, -0.2) is 42.3 Å². The highest BCUT2D eigenvalue weighted by Crippen LogP contribution is 2.44. The van der Waals surface area contributed by atoms with Gasteiger partial charge in [-0.1, -0.05) is 55.0 Å². The number of benzene rings is 2. The Balaban J connectivity index is 1.31. The van der Waals surface area contributed by atoms with Gasteiger partial charge in [0, 0.05) is 24.9 Å². The van der Waals surface area contributed by atoms with Gasteiger partial charge < -0.3 is 20.5 Å². The Morgan fingerprint density at radius 2 is 1.67 bits per heavy atom. The first kappa shape index (κ1) is 22.8. The first-order valence-electron chi connectivity index (χ1n) is 11.5. The van der Waals surface area contributed by atoms with Crippen LogP contribution in [0.15, 0.2) is 48.5 Å². The predicted octanol–water partition coefficient (Wildman–Crippen LogP) is 4.06. The van der Waals surface area contributed by atoms with E-state index in [1.165, 1.54) is 11.1 Å². The van der Waals surface area contributed by atoms with Crippen LogP contribution in [0.5, 0.6) is 0 Å². The molecule has 33 heavy (non-hydrogen) atoms. The molecule has 0 bridgehead atoms. The summed E-state index contributed by atoms with van der Waals surface area (Å²) in [6, 6.07) is 16.1. The Morgan fingerprint density at radius 1 is 1.06 bits per heavy atom. The van der Waals surface area contributed by atoms with Crippen LogP contribution in [0.1, 0.15) is 56.1 Å². The zero-order valence-corrected chi connectivity index (χ0v) is 18.8. The summed E-state index contributed by atoms with van der Waals surface area (Å²) in [6.07, 6.45) is 2.14. The molecule has 0 radical (unpaired) electrons. The largest absolute Gasteiger partial charge is 0.481 e. The van der Waals surface area contributed by atoms with Gasteiger partial charge in [-0.25, -0.2) is 4.79 Å². The van der Waals surface area contributed by atoms with Gasteiger partial charge in [0.05, 0.1) is 5.41 Å². The summed E-state index contributed by atoms with van der Waals surface area (Å²) in [5.41, 5.74) is 3.99. The Bertz CT molecular complexity index is 1000. The highest BCUT2D eigenvalue weighted by Gasteiger charge is 2.44. The summed E-state index contributed by atoms with van der Waals surface area (Å²) in [5, 5.41) is 14.5. The van der Waals surface area contributed by atoms with Crippen molar-refractivity contribution in [1.29, 1.82) is 0 Å². The third kappa shape index (κ3) is 4.87. The summed E-state index contributed by atoms with van der Waals surface area (Å²) in [7, 11) is 0. The van der Waals surface area contributed by atoms with Crippen molar-refractivity contribution in [2.75, 3.05) is 13.2 Å². The van der Waals surface area contributed by atoms with Gasteiger partial charge in [0.1, 0.15) is 6.61 Å². The number of rotatable bonds is 9. The molecule has 1 saturated carbocycles. The molecule has 2 aromatic rings. The molecule has 7 heteroatoms. The molecule has 1 unspecified atom stereocenters. The van der Waals surface area contributed by atoms with Gasteiger partial charge >= 0.3 is 12.1 Å². The lowest BCUT2D eigenvalue weighted by molar-refractivity contribution is -0.139. The number of carbonyl (C=O) groups excluding carboxylic acids is 2. The van der Waals surface area contributed by atoms with Crippen LogP contribution in [-0.2, 0) is 14.3 Å². The number of carboxylic acids is 1. The number of hydrogen-bond acceptors (Lipinski definition) is 4. The molecule has 3 N–H and O–H groups in total. The fourth-order valence-corrected chi connectivity index (χ4v) is 4.77. The number of ether oxygens (including phenoxy) is 1. The van der Waals surface area contributed by atoms with E-state index in [0.717, 1.165) is 17.5 Å². The lowest BCUT2D eigenvalue weighted by Gasteiger charge is -2.40. The van der Waals surface area contributed by atoms with Gasteiger partial charge in [0.25, 0.3) is 0 Å². The molecular formula is C26H30N2O5. The van der Waals surface area contributed by atoms with Crippen LogP contribution in [0.2, 0.25) is 0 Å². The third-order valence-electron chi connectivity index (χ3n) is 6.88. The van der Waals surface area contributed by atoms with Crippen LogP contribution in [0, 0.1) is 5.41 Å². The number of amides is 2. The van der Waals surface area contributed by atoms with E-state index in [1.807, 2.05) is 24.3 Å². The van der Waals surface area contributed by atoms with Gasteiger partial charge in [-0.05, 0) is 48.4 Å². The number of alkyl carbamates (subject to hydrolysis) is 1. The van der Waals surface area contributed by atoms with Crippen molar-refractivity contribution in [2.45, 2.75) is 51.0 Å². The molecule has 0 aromatic heterocycles. The molecule has 0 aliphatic heterocycles. The Kier molecular flexibility index (Phi) is 6.67. The van der Waals surface area contributed by atoms with Gasteiger partial charge in [-0.3, -0.25) is 9.59 Å². The standard InChI is InChI=1S/C26H30N2O5/c1-17(11-12-23(29)30)28-24(31)26(13-6-14-26)16-27-25(32)33-15-22-20-9-4-2-7-18(20)19-8-3-5-10-21(19)22/h2-5,7-10,17,22H,6,11-16H2,1H3,(H,27,32)(H,28,31)(H,29,30). The number of fused-ring (bicyclic) bond motifs is 3. The van der Waals surface area contributed by atoms with Gasteiger partial charge in [0.2, 0.25) is 5.91 Å². The van der Waals surface area contributed by atoms with Gasteiger partial charge in [-0.15, -0.1) is 0 Å². The molecule has 2 aliphatic carbocycles. The Hall–Kier alpha value is -3.35. The molecular weight excluding hydrogens is 420 g/mol. The van der Waals surface area contributed by atoms with Crippen LogP contribution < -0.4 is 10.6 Å². The van der Waals surface area contributed by atoms with Crippen molar-refractivity contribution >= 4 is 18.0 Å². The SMILES string of the molecule is CC(CCC(=O)O)NC(=O)C1(CNC(=O)OCC2c3ccccc3-c3ccccc32)CCC1. The molecule has 7 nitrogen and oxygen atoms in total. The topological polar surface area (TPSA) is 105 Å². The number of nitrogens with one attached hydrogen (secondary N) is 2. The summed E-state index contributed by atoms with van der Waals surface area (Å²) in [6.45, 7) is 2.23. The first-order valence-corrected chi connectivity index (χ1v) is 11.5. The van der Waals surface area contributed by atoms with Crippen LogP contribution >= 0.6 is 0 Å². The minimum absolute atomic E-state index is 0.00640. The maximum absolute atomic E-state index is 12.8. The summed E-state index contributed by atoms with van der Waals surface area (Å²) in [5.74, 6) is -1.03. The third-order valence-corrected chi connectivity index (χ3v) is 6.88. The normalized spacial score (nSPS) is 16.6. The first-order chi connectivity index (χ1) is 15.9. The average molecular weight is 451 g/mol. The van der Waals surface area contributed by atoms with E-state index in [4.69, 9.17) is 9.84 Å². The lowest BCUT2D eigenvalue weighted by atomic mass is 9.68. The fourth-order valence-electron chi connectivity index (χ4n) is 4.77. The molecule has 174 valence electrons. The van der Waals surface area contributed by atoms with E-state index in [2.05, 4.69) is 34.9 Å². The monoisotopic (exact) mass is 450 g/mol. The van der Waals surface area contributed by atoms with Crippen molar-refractivity contribution in [2.24, 2.45) is 5.41 Å². The Morgan fingerprint density at radius 3 is 2.21 bits per heavy atom. The molecule has 2 aromatic carbocycles. The smallest absolute Gasteiger partial charge is 0.407 e. The molecule has 2 aliphatic rings. The van der Waals surface area contributed by atoms with Gasteiger partial charge in [0.15, 0.2) is 0 Å². The van der Waals surface area contributed by atoms with E-state index in [9.17, 15) is 14.4 Å². The number of carbonyl (C=O) groups is 3. The highest BCUT2D eigenvalue weighted by molar-refractivity contribution is 5.85.